The first-order chi connectivity index (χ1) is 16.4. The molecule has 2 amide bonds. The smallest absolute Gasteiger partial charge is 0.246 e. The third-order valence-corrected chi connectivity index (χ3v) is 6.54. The van der Waals surface area contributed by atoms with Gasteiger partial charge in [0.05, 0.1) is 22.4 Å². The van der Waals surface area contributed by atoms with E-state index in [4.69, 9.17) is 11.6 Å². The maximum Gasteiger partial charge on any atom is 0.246 e. The number of halogens is 2. The summed E-state index contributed by atoms with van der Waals surface area (Å²) in [6.07, 6.45) is 2.92. The summed E-state index contributed by atoms with van der Waals surface area (Å²) in [7, 11) is 0. The maximum absolute atomic E-state index is 16.2. The first-order valence-corrected chi connectivity index (χ1v) is 11.2. The molecule has 0 saturated carbocycles. The van der Waals surface area contributed by atoms with E-state index in [1.807, 2.05) is 24.0 Å². The molecular weight excluding hydrogens is 459 g/mol. The Balaban J connectivity index is 1.61. The van der Waals surface area contributed by atoms with E-state index in [9.17, 15) is 9.59 Å². The van der Waals surface area contributed by atoms with Gasteiger partial charge in [-0.25, -0.2) is 4.39 Å². The Morgan fingerprint density at radius 2 is 2.00 bits per heavy atom. The summed E-state index contributed by atoms with van der Waals surface area (Å²) in [5.74, 6) is -0.697. The minimum absolute atomic E-state index is 0.0464. The molecule has 3 heterocycles. The molecular formula is C24H22ClFN6O2. The van der Waals surface area contributed by atoms with E-state index in [2.05, 4.69) is 27.1 Å². The lowest BCUT2D eigenvalue weighted by Crippen LogP contribution is -2.50. The molecule has 0 spiro atoms. The molecule has 0 aliphatic carbocycles. The van der Waals surface area contributed by atoms with E-state index in [-0.39, 0.29) is 28.7 Å². The minimum atomic E-state index is -0.622. The van der Waals surface area contributed by atoms with Crippen molar-refractivity contribution < 1.29 is 14.0 Å². The largest absolute Gasteiger partial charge is 0.353 e. The van der Waals surface area contributed by atoms with Gasteiger partial charge < -0.3 is 15.1 Å². The summed E-state index contributed by atoms with van der Waals surface area (Å²) in [5.41, 5.74) is 2.86. The van der Waals surface area contributed by atoms with Crippen LogP contribution in [0.5, 0.6) is 0 Å². The number of aromatic nitrogens is 2. The number of fused-ring (bicyclic) bond motifs is 2. The highest BCUT2D eigenvalue weighted by Crippen LogP contribution is 2.42. The Bertz CT molecular complexity index is 1370. The summed E-state index contributed by atoms with van der Waals surface area (Å²) in [4.78, 5) is 32.5. The quantitative estimate of drug-likeness (QED) is 0.550. The van der Waals surface area contributed by atoms with Gasteiger partial charge in [-0.1, -0.05) is 24.2 Å². The number of H-pyrrole nitrogens is 1. The van der Waals surface area contributed by atoms with Crippen molar-refractivity contribution >= 4 is 45.8 Å². The molecule has 174 valence electrons. The standard InChI is InChI=1S/C24H22ClFN6O2/c1-3-19(34)31-6-8-32(9-7-31)24-14-10-16(25)21(22(26)23(14)29-18(33)12-27-24)20-13(2)4-5-17-15(20)11-28-30-17/h3-5,10-11H,1,6-9,12H2,2H3,(H,28,30)(H,29,33). The SMILES string of the molecule is C=CC(=O)N1CCN(C2=NCC(=O)Nc3c2cc(Cl)c(-c2c(C)ccc4[nH]ncc24)c3F)CC1. The summed E-state index contributed by atoms with van der Waals surface area (Å²) in [6, 6.07) is 5.39. The van der Waals surface area contributed by atoms with Crippen LogP contribution in [0.25, 0.3) is 22.0 Å². The number of nitrogens with zero attached hydrogens (tertiary/aromatic N) is 4. The Hall–Kier alpha value is -3.72. The molecule has 0 atom stereocenters. The first kappa shape index (κ1) is 22.1. The number of piperazine rings is 1. The zero-order chi connectivity index (χ0) is 24.0. The fourth-order valence-corrected chi connectivity index (χ4v) is 4.84. The Morgan fingerprint density at radius 3 is 2.74 bits per heavy atom. The molecule has 2 N–H and O–H groups in total. The summed E-state index contributed by atoms with van der Waals surface area (Å²) in [6.45, 7) is 7.18. The van der Waals surface area contributed by atoms with Crippen LogP contribution in [0.3, 0.4) is 0 Å². The molecule has 1 saturated heterocycles. The fraction of sp³-hybridized carbons (Fsp3) is 0.250. The van der Waals surface area contributed by atoms with Crippen LogP contribution in [0.15, 0.2) is 42.0 Å². The van der Waals surface area contributed by atoms with E-state index in [0.29, 0.717) is 43.1 Å². The normalized spacial score (nSPS) is 16.1. The highest BCUT2D eigenvalue weighted by atomic mass is 35.5. The first-order valence-electron chi connectivity index (χ1n) is 10.8. The van der Waals surface area contributed by atoms with E-state index in [1.165, 1.54) is 6.08 Å². The molecule has 0 radical (unpaired) electrons. The summed E-state index contributed by atoms with van der Waals surface area (Å²) < 4.78 is 16.2. The minimum Gasteiger partial charge on any atom is -0.353 e. The van der Waals surface area contributed by atoms with E-state index in [1.54, 1.807) is 17.2 Å². The molecule has 2 aliphatic rings. The second-order valence-electron chi connectivity index (χ2n) is 8.26. The van der Waals surface area contributed by atoms with Crippen molar-refractivity contribution in [1.29, 1.82) is 0 Å². The van der Waals surface area contributed by atoms with E-state index >= 15 is 4.39 Å². The van der Waals surface area contributed by atoms with Crippen LogP contribution in [0.1, 0.15) is 11.1 Å². The highest BCUT2D eigenvalue weighted by Gasteiger charge is 2.30. The number of aliphatic imine (C=N–C) groups is 1. The van der Waals surface area contributed by atoms with Gasteiger partial charge in [0.15, 0.2) is 5.82 Å². The second kappa shape index (κ2) is 8.57. The average molecular weight is 481 g/mol. The molecule has 1 aromatic heterocycles. The Kier molecular flexibility index (Phi) is 5.57. The molecule has 10 heteroatoms. The number of aryl methyl sites for hydroxylation is 1. The fourth-order valence-electron chi connectivity index (χ4n) is 4.55. The van der Waals surface area contributed by atoms with Gasteiger partial charge in [-0.3, -0.25) is 19.7 Å². The Labute approximate surface area is 200 Å². The molecule has 1 fully saturated rings. The second-order valence-corrected chi connectivity index (χ2v) is 8.67. The lowest BCUT2D eigenvalue weighted by Gasteiger charge is -2.36. The third kappa shape index (κ3) is 3.62. The number of anilines is 1. The van der Waals surface area contributed by atoms with Crippen LogP contribution in [0, 0.1) is 12.7 Å². The van der Waals surface area contributed by atoms with Crippen LogP contribution in [0.4, 0.5) is 10.1 Å². The zero-order valence-electron chi connectivity index (χ0n) is 18.5. The van der Waals surface area contributed by atoms with Gasteiger partial charge in [0.1, 0.15) is 12.4 Å². The molecule has 3 aromatic rings. The number of nitrogens with one attached hydrogen (secondary N) is 2. The number of benzodiazepines with no additional fused rings is 1. The summed E-state index contributed by atoms with van der Waals surface area (Å²) >= 11 is 6.70. The predicted molar refractivity (Wildman–Crippen MR) is 130 cm³/mol. The summed E-state index contributed by atoms with van der Waals surface area (Å²) in [5, 5.41) is 10.6. The van der Waals surface area contributed by atoms with Gasteiger partial charge >= 0.3 is 0 Å². The Morgan fingerprint density at radius 1 is 1.24 bits per heavy atom. The van der Waals surface area contributed by atoms with Crippen molar-refractivity contribution in [1.82, 2.24) is 20.0 Å². The molecule has 34 heavy (non-hydrogen) atoms. The molecule has 8 nitrogen and oxygen atoms in total. The number of carbonyl (C=O) groups is 2. The predicted octanol–water partition coefficient (Wildman–Crippen LogP) is 3.36. The molecule has 2 aliphatic heterocycles. The molecule has 2 aromatic carbocycles. The number of carbonyl (C=O) groups excluding carboxylic acids is 2. The van der Waals surface area contributed by atoms with E-state index < -0.39 is 11.7 Å². The van der Waals surface area contributed by atoms with Crippen molar-refractivity contribution in [3.63, 3.8) is 0 Å². The number of hydrogen-bond acceptors (Lipinski definition) is 5. The highest BCUT2D eigenvalue weighted by molar-refractivity contribution is 6.35. The maximum atomic E-state index is 16.2. The van der Waals surface area contributed by atoms with Crippen molar-refractivity contribution in [2.24, 2.45) is 4.99 Å². The van der Waals surface area contributed by atoms with Crippen molar-refractivity contribution in [3.05, 3.63) is 59.0 Å². The van der Waals surface area contributed by atoms with Gasteiger partial charge in [0, 0.05) is 48.3 Å². The molecule has 0 unspecified atom stereocenters. The van der Waals surface area contributed by atoms with Gasteiger partial charge in [-0.15, -0.1) is 0 Å². The van der Waals surface area contributed by atoms with Crippen molar-refractivity contribution in [2.75, 3.05) is 38.0 Å². The number of hydrogen-bond donors (Lipinski definition) is 2. The van der Waals surface area contributed by atoms with Gasteiger partial charge in [-0.2, -0.15) is 5.10 Å². The van der Waals surface area contributed by atoms with Gasteiger partial charge in [-0.05, 0) is 30.7 Å². The number of amides is 2. The van der Waals surface area contributed by atoms with Crippen LogP contribution < -0.4 is 5.32 Å². The van der Waals surface area contributed by atoms with Crippen LogP contribution in [-0.2, 0) is 9.59 Å². The third-order valence-electron chi connectivity index (χ3n) is 6.24. The van der Waals surface area contributed by atoms with Crippen molar-refractivity contribution in [2.45, 2.75) is 6.92 Å². The average Bonchev–Trinajstić information content (AvgIpc) is 3.24. The number of benzene rings is 2. The van der Waals surface area contributed by atoms with Crippen LogP contribution in [-0.4, -0.2) is 70.4 Å². The van der Waals surface area contributed by atoms with Crippen molar-refractivity contribution in [3.8, 4) is 11.1 Å². The lowest BCUT2D eigenvalue weighted by atomic mass is 9.94. The topological polar surface area (TPSA) is 93.7 Å². The molecule has 0 bridgehead atoms. The zero-order valence-corrected chi connectivity index (χ0v) is 19.2. The monoisotopic (exact) mass is 480 g/mol. The van der Waals surface area contributed by atoms with Crippen LogP contribution >= 0.6 is 11.6 Å². The number of rotatable bonds is 2. The van der Waals surface area contributed by atoms with Crippen LogP contribution in [0.2, 0.25) is 5.02 Å². The van der Waals surface area contributed by atoms with Gasteiger partial charge in [0.2, 0.25) is 11.8 Å². The number of aromatic amines is 1. The molecule has 5 rings (SSSR count). The number of amidine groups is 1. The van der Waals surface area contributed by atoms with Gasteiger partial charge in [0.25, 0.3) is 0 Å². The van der Waals surface area contributed by atoms with E-state index in [0.717, 1.165) is 16.5 Å². The lowest BCUT2D eigenvalue weighted by molar-refractivity contribution is -0.127.